The molecule has 0 aliphatic carbocycles. The SMILES string of the molecule is Cc1nnc2n1-c1ccc(N)cc1N(c1ccccc1)C(=O)C2. The molecule has 6 nitrogen and oxygen atoms in total. The molecule has 2 heterocycles. The van der Waals surface area contributed by atoms with Crippen LogP contribution in [-0.4, -0.2) is 20.7 Å². The summed E-state index contributed by atoms with van der Waals surface area (Å²) >= 11 is 0. The predicted molar refractivity (Wildman–Crippen MR) is 87.8 cm³/mol. The minimum Gasteiger partial charge on any atom is -0.399 e. The zero-order valence-electron chi connectivity index (χ0n) is 12.6. The molecule has 3 aromatic rings. The van der Waals surface area contributed by atoms with E-state index in [1.807, 2.05) is 60.0 Å². The lowest BCUT2D eigenvalue weighted by atomic mass is 10.2. The Balaban J connectivity index is 2.02. The number of amides is 1. The maximum absolute atomic E-state index is 12.9. The number of fused-ring (bicyclic) bond motifs is 3. The number of para-hydroxylation sites is 1. The zero-order valence-corrected chi connectivity index (χ0v) is 12.6. The first-order valence-corrected chi connectivity index (χ1v) is 7.34. The van der Waals surface area contributed by atoms with E-state index in [4.69, 9.17) is 5.73 Å². The standard InChI is InChI=1S/C17H15N5O/c1-11-19-20-16-10-17(23)22(13-5-3-2-4-6-13)15-9-12(18)7-8-14(15)21(11)16/h2-9H,10,18H2,1H3. The highest BCUT2D eigenvalue weighted by Crippen LogP contribution is 2.36. The molecule has 1 amide bonds. The first kappa shape index (κ1) is 13.5. The van der Waals surface area contributed by atoms with Crippen LogP contribution < -0.4 is 10.6 Å². The van der Waals surface area contributed by atoms with Gasteiger partial charge in [-0.3, -0.25) is 14.3 Å². The van der Waals surface area contributed by atoms with Gasteiger partial charge in [-0.2, -0.15) is 0 Å². The van der Waals surface area contributed by atoms with Crippen LogP contribution in [0.5, 0.6) is 0 Å². The van der Waals surface area contributed by atoms with Crippen LogP contribution in [0.3, 0.4) is 0 Å². The number of hydrogen-bond donors (Lipinski definition) is 1. The molecule has 2 N–H and O–H groups in total. The van der Waals surface area contributed by atoms with E-state index in [2.05, 4.69) is 10.2 Å². The summed E-state index contributed by atoms with van der Waals surface area (Å²) in [6.45, 7) is 1.87. The number of carbonyl (C=O) groups is 1. The van der Waals surface area contributed by atoms with E-state index in [-0.39, 0.29) is 12.3 Å². The second-order valence-corrected chi connectivity index (χ2v) is 5.49. The van der Waals surface area contributed by atoms with E-state index in [1.165, 1.54) is 0 Å². The number of nitrogen functional groups attached to an aromatic ring is 1. The van der Waals surface area contributed by atoms with Gasteiger partial charge in [0.25, 0.3) is 0 Å². The van der Waals surface area contributed by atoms with Crippen LogP contribution in [-0.2, 0) is 11.2 Å². The summed E-state index contributed by atoms with van der Waals surface area (Å²) in [4.78, 5) is 14.6. The van der Waals surface area contributed by atoms with Crippen molar-refractivity contribution in [3.63, 3.8) is 0 Å². The molecule has 1 aromatic heterocycles. The van der Waals surface area contributed by atoms with Crippen molar-refractivity contribution in [3.8, 4) is 5.69 Å². The molecule has 1 aliphatic heterocycles. The predicted octanol–water partition coefficient (Wildman–Crippen LogP) is 2.38. The van der Waals surface area contributed by atoms with Crippen molar-refractivity contribution in [1.82, 2.24) is 14.8 Å². The molecule has 0 unspecified atom stereocenters. The summed E-state index contributed by atoms with van der Waals surface area (Å²) in [7, 11) is 0. The monoisotopic (exact) mass is 305 g/mol. The minimum absolute atomic E-state index is 0.0609. The third kappa shape index (κ3) is 2.07. The van der Waals surface area contributed by atoms with Crippen LogP contribution >= 0.6 is 0 Å². The first-order valence-electron chi connectivity index (χ1n) is 7.34. The largest absolute Gasteiger partial charge is 0.399 e. The smallest absolute Gasteiger partial charge is 0.239 e. The Morgan fingerprint density at radius 3 is 2.61 bits per heavy atom. The van der Waals surface area contributed by atoms with Crippen molar-refractivity contribution in [2.45, 2.75) is 13.3 Å². The summed E-state index contributed by atoms with van der Waals surface area (Å²) in [5, 5.41) is 8.25. The van der Waals surface area contributed by atoms with E-state index >= 15 is 0 Å². The summed E-state index contributed by atoms with van der Waals surface area (Å²) in [6, 6.07) is 15.1. The van der Waals surface area contributed by atoms with Crippen LogP contribution in [0.4, 0.5) is 17.1 Å². The van der Waals surface area contributed by atoms with Gasteiger partial charge in [0.15, 0.2) is 0 Å². The average Bonchev–Trinajstić information content (AvgIpc) is 2.84. The molecule has 0 atom stereocenters. The molecule has 2 aromatic carbocycles. The van der Waals surface area contributed by atoms with Crippen LogP contribution in [0.1, 0.15) is 11.6 Å². The number of nitrogens with zero attached hydrogens (tertiary/aromatic N) is 4. The molecule has 0 radical (unpaired) electrons. The van der Waals surface area contributed by atoms with Crippen molar-refractivity contribution >= 4 is 23.0 Å². The van der Waals surface area contributed by atoms with E-state index in [9.17, 15) is 4.79 Å². The van der Waals surface area contributed by atoms with Crippen molar-refractivity contribution in [2.24, 2.45) is 0 Å². The third-order valence-electron chi connectivity index (χ3n) is 3.95. The van der Waals surface area contributed by atoms with Crippen molar-refractivity contribution in [1.29, 1.82) is 0 Å². The number of hydrogen-bond acceptors (Lipinski definition) is 4. The second kappa shape index (κ2) is 4.95. The first-order chi connectivity index (χ1) is 11.1. The number of anilines is 3. The summed E-state index contributed by atoms with van der Waals surface area (Å²) in [5.41, 5.74) is 8.97. The molecule has 4 rings (SSSR count). The molecular weight excluding hydrogens is 290 g/mol. The number of carbonyl (C=O) groups excluding carboxylic acids is 1. The number of rotatable bonds is 1. The van der Waals surface area contributed by atoms with Gasteiger partial charge < -0.3 is 5.73 Å². The van der Waals surface area contributed by atoms with E-state index in [0.29, 0.717) is 11.5 Å². The van der Waals surface area contributed by atoms with Gasteiger partial charge >= 0.3 is 0 Å². The van der Waals surface area contributed by atoms with Crippen molar-refractivity contribution < 1.29 is 4.79 Å². The van der Waals surface area contributed by atoms with E-state index < -0.39 is 0 Å². The quantitative estimate of drug-likeness (QED) is 0.700. The lowest BCUT2D eigenvalue weighted by molar-refractivity contribution is -0.117. The van der Waals surface area contributed by atoms with Gasteiger partial charge in [-0.15, -0.1) is 10.2 Å². The fourth-order valence-electron chi connectivity index (χ4n) is 2.95. The maximum atomic E-state index is 12.9. The van der Waals surface area contributed by atoms with Gasteiger partial charge in [0.05, 0.1) is 17.8 Å². The van der Waals surface area contributed by atoms with Crippen molar-refractivity contribution in [3.05, 3.63) is 60.2 Å². The molecule has 0 saturated heterocycles. The Kier molecular flexibility index (Phi) is 2.90. The summed E-state index contributed by atoms with van der Waals surface area (Å²) in [5.74, 6) is 1.32. The highest BCUT2D eigenvalue weighted by atomic mass is 16.2. The van der Waals surface area contributed by atoms with Gasteiger partial charge in [0.1, 0.15) is 11.6 Å². The molecule has 6 heteroatoms. The molecule has 1 aliphatic rings. The summed E-state index contributed by atoms with van der Waals surface area (Å²) in [6.07, 6.45) is 0.185. The Morgan fingerprint density at radius 2 is 1.83 bits per heavy atom. The molecule has 0 fully saturated rings. The number of benzene rings is 2. The van der Waals surface area contributed by atoms with E-state index in [1.54, 1.807) is 4.90 Å². The van der Waals surface area contributed by atoms with Gasteiger partial charge in [0, 0.05) is 11.4 Å². The van der Waals surface area contributed by atoms with Crippen LogP contribution in [0.15, 0.2) is 48.5 Å². The Bertz CT molecular complexity index is 901. The van der Waals surface area contributed by atoms with Gasteiger partial charge in [0.2, 0.25) is 5.91 Å². The normalized spacial score (nSPS) is 13.4. The highest BCUT2D eigenvalue weighted by molar-refractivity contribution is 6.04. The fourth-order valence-corrected chi connectivity index (χ4v) is 2.95. The van der Waals surface area contributed by atoms with Crippen LogP contribution in [0, 0.1) is 6.92 Å². The number of aryl methyl sites for hydroxylation is 1. The molecule has 114 valence electrons. The average molecular weight is 305 g/mol. The Morgan fingerprint density at radius 1 is 1.04 bits per heavy atom. The summed E-state index contributed by atoms with van der Waals surface area (Å²) < 4.78 is 1.91. The fraction of sp³-hybridized carbons (Fsp3) is 0.118. The van der Waals surface area contributed by atoms with Crippen molar-refractivity contribution in [2.75, 3.05) is 10.6 Å². The van der Waals surface area contributed by atoms with Gasteiger partial charge in [-0.25, -0.2) is 0 Å². The van der Waals surface area contributed by atoms with Gasteiger partial charge in [-0.1, -0.05) is 18.2 Å². The minimum atomic E-state index is -0.0609. The lowest BCUT2D eigenvalue weighted by Gasteiger charge is -2.23. The zero-order chi connectivity index (χ0) is 16.0. The molecule has 0 bridgehead atoms. The highest BCUT2D eigenvalue weighted by Gasteiger charge is 2.29. The van der Waals surface area contributed by atoms with Crippen LogP contribution in [0.25, 0.3) is 5.69 Å². The molecule has 0 saturated carbocycles. The van der Waals surface area contributed by atoms with Gasteiger partial charge in [-0.05, 0) is 37.3 Å². The Hall–Kier alpha value is -3.15. The topological polar surface area (TPSA) is 77.0 Å². The number of nitrogens with two attached hydrogens (primary N) is 1. The molecule has 23 heavy (non-hydrogen) atoms. The van der Waals surface area contributed by atoms with Crippen LogP contribution in [0.2, 0.25) is 0 Å². The Labute approximate surface area is 133 Å². The molecule has 0 spiro atoms. The number of aromatic nitrogens is 3. The molecular formula is C17H15N5O. The lowest BCUT2D eigenvalue weighted by Crippen LogP contribution is -2.26. The second-order valence-electron chi connectivity index (χ2n) is 5.49. The maximum Gasteiger partial charge on any atom is 0.239 e. The van der Waals surface area contributed by atoms with E-state index in [0.717, 1.165) is 22.9 Å². The third-order valence-corrected chi connectivity index (χ3v) is 3.95.